The Hall–Kier alpha value is -6.11. The van der Waals surface area contributed by atoms with E-state index in [2.05, 4.69) is 121 Å². The average Bonchev–Trinajstić information content (AvgIpc) is 3.56. The number of phenols is 1. The van der Waals surface area contributed by atoms with E-state index in [-0.39, 0.29) is 5.75 Å². The van der Waals surface area contributed by atoms with Crippen molar-refractivity contribution >= 4 is 24.3 Å². The number of benzene rings is 5. The highest BCUT2D eigenvalue weighted by Gasteiger charge is 2.24. The van der Waals surface area contributed by atoms with Gasteiger partial charge < -0.3 is 5.11 Å². The largest absolute Gasteiger partial charge is 0.507 e. The van der Waals surface area contributed by atoms with Gasteiger partial charge in [0.2, 0.25) is 0 Å². The van der Waals surface area contributed by atoms with Gasteiger partial charge in [-0.25, -0.2) is 4.98 Å². The third-order valence-corrected chi connectivity index (χ3v) is 11.4. The van der Waals surface area contributed by atoms with Crippen molar-refractivity contribution in [3.8, 4) is 67.5 Å². The van der Waals surface area contributed by atoms with Crippen molar-refractivity contribution in [3.05, 3.63) is 158 Å². The van der Waals surface area contributed by atoms with Gasteiger partial charge in [-0.2, -0.15) is 0 Å². The van der Waals surface area contributed by atoms with Crippen molar-refractivity contribution in [1.82, 2.24) is 19.5 Å². The summed E-state index contributed by atoms with van der Waals surface area (Å²) < 4.78 is 2.09. The van der Waals surface area contributed by atoms with E-state index in [9.17, 15) is 5.11 Å². The molecule has 1 N–H and O–H groups in total. The summed E-state index contributed by atoms with van der Waals surface area (Å²) in [4.78, 5) is 15.2. The van der Waals surface area contributed by atoms with Gasteiger partial charge >= 0.3 is 0 Å². The van der Waals surface area contributed by atoms with Crippen LogP contribution in [0.4, 0.5) is 0 Å². The minimum absolute atomic E-state index is 0.179. The second-order valence-electron chi connectivity index (χ2n) is 14.1. The molecule has 0 aliphatic heterocycles. The normalized spacial score (nSPS) is 11.6. The zero-order valence-corrected chi connectivity index (χ0v) is 30.2. The summed E-state index contributed by atoms with van der Waals surface area (Å²) in [5.41, 5.74) is 12.7. The standard InChI is InChI=1S/C45H38N4OSi/c1-30-20-21-42(50)38(22-30)45-48-44-39(27-46-28-41(44)49(45)36-18-12-7-13-19-36)34-23-33(31-14-8-5-9-15-31)24-35(25-34)40-26-37(32-16-10-6-11-17-32)43(29-47-40)51(2,3)4/h5-29,50H,1-4H3. The van der Waals surface area contributed by atoms with Crippen LogP contribution >= 0.6 is 0 Å². The molecule has 51 heavy (non-hydrogen) atoms. The highest BCUT2D eigenvalue weighted by molar-refractivity contribution is 6.89. The molecule has 5 aromatic carbocycles. The number of fused-ring (bicyclic) bond motifs is 1. The number of nitrogens with zero attached hydrogens (tertiary/aromatic N) is 4. The minimum Gasteiger partial charge on any atom is -0.507 e. The molecule has 0 unspecified atom stereocenters. The molecule has 8 rings (SSSR count). The molecule has 0 saturated heterocycles. The van der Waals surface area contributed by atoms with E-state index in [0.29, 0.717) is 11.4 Å². The van der Waals surface area contributed by atoms with E-state index in [1.54, 1.807) is 6.07 Å². The summed E-state index contributed by atoms with van der Waals surface area (Å²) in [7, 11) is -1.71. The maximum atomic E-state index is 11.1. The highest BCUT2D eigenvalue weighted by atomic mass is 28.3. The van der Waals surface area contributed by atoms with Gasteiger partial charge in [0.05, 0.1) is 31.0 Å². The van der Waals surface area contributed by atoms with Crippen LogP contribution in [-0.2, 0) is 0 Å². The molecule has 0 fully saturated rings. The predicted octanol–water partition coefficient (Wildman–Crippen LogP) is 10.7. The zero-order valence-electron chi connectivity index (χ0n) is 29.2. The molecule has 0 amide bonds. The van der Waals surface area contributed by atoms with Crippen molar-refractivity contribution in [1.29, 1.82) is 0 Å². The smallest absolute Gasteiger partial charge is 0.149 e. The van der Waals surface area contributed by atoms with Crippen LogP contribution in [0, 0.1) is 6.92 Å². The van der Waals surface area contributed by atoms with Crippen LogP contribution in [0.1, 0.15) is 5.56 Å². The molecular weight excluding hydrogens is 641 g/mol. The van der Waals surface area contributed by atoms with Gasteiger partial charge in [-0.1, -0.05) is 110 Å². The van der Waals surface area contributed by atoms with Gasteiger partial charge in [0.15, 0.2) is 0 Å². The number of aryl methyl sites for hydroxylation is 1. The molecule has 0 aliphatic rings. The Balaban J connectivity index is 1.39. The molecule has 8 aromatic rings. The van der Waals surface area contributed by atoms with Crippen molar-refractivity contribution in [2.24, 2.45) is 0 Å². The summed E-state index contributed by atoms with van der Waals surface area (Å²) in [5.74, 6) is 0.834. The minimum atomic E-state index is -1.71. The molecule has 0 spiro atoms. The fourth-order valence-corrected chi connectivity index (χ4v) is 8.33. The second kappa shape index (κ2) is 13.0. The summed E-state index contributed by atoms with van der Waals surface area (Å²) in [5, 5.41) is 12.4. The average molecular weight is 679 g/mol. The third-order valence-electron chi connectivity index (χ3n) is 9.42. The number of hydrogen-bond donors (Lipinski definition) is 1. The number of pyridine rings is 2. The lowest BCUT2D eigenvalue weighted by Crippen LogP contribution is -2.39. The molecule has 0 atom stereocenters. The van der Waals surface area contributed by atoms with E-state index in [0.717, 1.165) is 55.8 Å². The fourth-order valence-electron chi connectivity index (χ4n) is 6.85. The predicted molar refractivity (Wildman–Crippen MR) is 213 cm³/mol. The first-order valence-corrected chi connectivity index (χ1v) is 20.7. The number of rotatable bonds is 7. The van der Waals surface area contributed by atoms with Crippen LogP contribution in [0.15, 0.2) is 152 Å². The van der Waals surface area contributed by atoms with Crippen LogP contribution in [0.25, 0.3) is 72.7 Å². The summed E-state index contributed by atoms with van der Waals surface area (Å²) >= 11 is 0. The fraction of sp³-hybridized carbons (Fsp3) is 0.0889. The maximum Gasteiger partial charge on any atom is 0.149 e. The maximum absolute atomic E-state index is 11.1. The van der Waals surface area contributed by atoms with Gasteiger partial charge in [0.25, 0.3) is 0 Å². The van der Waals surface area contributed by atoms with Crippen LogP contribution in [0.5, 0.6) is 5.75 Å². The van der Waals surface area contributed by atoms with Gasteiger partial charge in [-0.15, -0.1) is 0 Å². The quantitative estimate of drug-likeness (QED) is 0.170. The third kappa shape index (κ3) is 6.15. The van der Waals surface area contributed by atoms with Crippen LogP contribution < -0.4 is 5.19 Å². The Bertz CT molecular complexity index is 2520. The molecule has 248 valence electrons. The molecule has 0 saturated carbocycles. The topological polar surface area (TPSA) is 63.8 Å². The van der Waals surface area contributed by atoms with E-state index >= 15 is 0 Å². The molecule has 5 nitrogen and oxygen atoms in total. The van der Waals surface area contributed by atoms with Crippen molar-refractivity contribution < 1.29 is 5.11 Å². The van der Waals surface area contributed by atoms with Gasteiger partial charge in [0.1, 0.15) is 17.1 Å². The second-order valence-corrected chi connectivity index (χ2v) is 19.1. The summed E-state index contributed by atoms with van der Waals surface area (Å²) in [6.07, 6.45) is 5.86. The number of aromatic hydroxyl groups is 1. The van der Waals surface area contributed by atoms with Gasteiger partial charge in [-0.3, -0.25) is 14.5 Å². The molecule has 3 aromatic heterocycles. The Kier molecular flexibility index (Phi) is 8.17. The Morgan fingerprint density at radius 1 is 0.569 bits per heavy atom. The lowest BCUT2D eigenvalue weighted by Gasteiger charge is -2.22. The lowest BCUT2D eigenvalue weighted by atomic mass is 9.94. The molecular formula is C45H38N4OSi. The van der Waals surface area contributed by atoms with Crippen molar-refractivity contribution in [2.45, 2.75) is 26.6 Å². The molecule has 0 radical (unpaired) electrons. The SMILES string of the molecule is Cc1ccc(O)c(-c2nc3c(-c4cc(-c5ccccc5)cc(-c5cc(-c6ccccc6)c([Si](C)(C)C)cn5)c4)cncc3n2-c2ccccc2)c1. The Morgan fingerprint density at radius 3 is 1.92 bits per heavy atom. The Labute approximate surface area is 299 Å². The number of hydrogen-bond acceptors (Lipinski definition) is 4. The van der Waals surface area contributed by atoms with Crippen LogP contribution in [0.2, 0.25) is 19.6 Å². The van der Waals surface area contributed by atoms with E-state index in [4.69, 9.17) is 15.0 Å². The number of aromatic nitrogens is 4. The highest BCUT2D eigenvalue weighted by Crippen LogP contribution is 2.39. The monoisotopic (exact) mass is 678 g/mol. The van der Waals surface area contributed by atoms with E-state index < -0.39 is 8.07 Å². The first-order valence-electron chi connectivity index (χ1n) is 17.2. The Morgan fingerprint density at radius 2 is 1.22 bits per heavy atom. The molecule has 0 aliphatic carbocycles. The molecule has 3 heterocycles. The number of para-hydroxylation sites is 1. The summed E-state index contributed by atoms with van der Waals surface area (Å²) in [6.45, 7) is 9.14. The summed E-state index contributed by atoms with van der Waals surface area (Å²) in [6, 6.07) is 45.8. The molecule has 6 heteroatoms. The zero-order chi connectivity index (χ0) is 35.1. The van der Waals surface area contributed by atoms with Crippen molar-refractivity contribution in [2.75, 3.05) is 0 Å². The van der Waals surface area contributed by atoms with Crippen LogP contribution in [-0.4, -0.2) is 32.7 Å². The van der Waals surface area contributed by atoms with E-state index in [1.165, 1.54) is 16.3 Å². The number of imidazole rings is 1. The van der Waals surface area contributed by atoms with Crippen molar-refractivity contribution in [3.63, 3.8) is 0 Å². The number of phenolic OH excluding ortho intramolecular Hbond substituents is 1. The van der Waals surface area contributed by atoms with Crippen LogP contribution in [0.3, 0.4) is 0 Å². The lowest BCUT2D eigenvalue weighted by molar-refractivity contribution is 0.476. The van der Waals surface area contributed by atoms with Gasteiger partial charge in [0, 0.05) is 29.2 Å². The first kappa shape index (κ1) is 32.1. The van der Waals surface area contributed by atoms with Gasteiger partial charge in [-0.05, 0) is 88.5 Å². The molecule has 0 bridgehead atoms. The first-order chi connectivity index (χ1) is 24.7. The van der Waals surface area contributed by atoms with E-state index in [1.807, 2.05) is 55.7 Å².